The summed E-state index contributed by atoms with van der Waals surface area (Å²) in [5.74, 6) is -0.886. The van der Waals surface area contributed by atoms with E-state index in [4.69, 9.17) is 4.74 Å². The largest absolute Gasteiger partial charge is 0.467 e. The number of aryl methyl sites for hydroxylation is 1. The number of hydrogen-bond donors (Lipinski definition) is 1. The number of methoxy groups -OCH3 is 1. The van der Waals surface area contributed by atoms with E-state index in [9.17, 15) is 14.4 Å². The number of ether oxygens (including phenoxy) is 1. The van der Waals surface area contributed by atoms with Crippen molar-refractivity contribution in [3.8, 4) is 0 Å². The molecule has 0 radical (unpaired) electrons. The van der Waals surface area contributed by atoms with Gasteiger partial charge >= 0.3 is 5.97 Å². The van der Waals surface area contributed by atoms with Crippen molar-refractivity contribution in [2.45, 2.75) is 25.4 Å². The van der Waals surface area contributed by atoms with Crippen LogP contribution in [0, 0.1) is 0 Å². The third-order valence-electron chi connectivity index (χ3n) is 3.69. The number of amides is 2. The fourth-order valence-corrected chi connectivity index (χ4v) is 2.60. The van der Waals surface area contributed by atoms with Gasteiger partial charge < -0.3 is 19.5 Å². The number of nitrogens with zero attached hydrogens (tertiary/aromatic N) is 2. The first-order valence-electron chi connectivity index (χ1n) is 6.71. The van der Waals surface area contributed by atoms with Gasteiger partial charge in [-0.25, -0.2) is 4.79 Å². The highest BCUT2D eigenvalue weighted by Crippen LogP contribution is 2.19. The molecule has 1 N–H and O–H groups in total. The average molecular weight is 293 g/mol. The Bertz CT molecular complexity index is 566. The van der Waals surface area contributed by atoms with Crippen LogP contribution >= 0.6 is 0 Å². The van der Waals surface area contributed by atoms with Crippen LogP contribution in [0.2, 0.25) is 0 Å². The quantitative estimate of drug-likeness (QED) is 0.790. The Labute approximate surface area is 122 Å². The maximum absolute atomic E-state index is 12.2. The molecular weight excluding hydrogens is 274 g/mol. The van der Waals surface area contributed by atoms with Crippen LogP contribution in [0.25, 0.3) is 0 Å². The molecule has 2 atom stereocenters. The minimum Gasteiger partial charge on any atom is -0.467 e. The maximum atomic E-state index is 12.2. The van der Waals surface area contributed by atoms with Gasteiger partial charge in [-0.3, -0.25) is 9.59 Å². The van der Waals surface area contributed by atoms with Gasteiger partial charge in [0.2, 0.25) is 5.91 Å². The Morgan fingerprint density at radius 2 is 2.10 bits per heavy atom. The average Bonchev–Trinajstić information content (AvgIpc) is 3.04. The lowest BCUT2D eigenvalue weighted by Crippen LogP contribution is -2.40. The summed E-state index contributed by atoms with van der Waals surface area (Å²) in [5, 5.41) is 2.85. The molecule has 0 spiro atoms. The first-order valence-corrected chi connectivity index (χ1v) is 6.71. The van der Waals surface area contributed by atoms with Crippen molar-refractivity contribution in [3.63, 3.8) is 0 Å². The molecule has 0 bridgehead atoms. The monoisotopic (exact) mass is 293 g/mol. The van der Waals surface area contributed by atoms with Crippen molar-refractivity contribution >= 4 is 17.8 Å². The van der Waals surface area contributed by atoms with E-state index in [1.807, 2.05) is 0 Å². The van der Waals surface area contributed by atoms with Gasteiger partial charge in [0, 0.05) is 39.2 Å². The number of nitrogens with one attached hydrogen (secondary N) is 1. The van der Waals surface area contributed by atoms with Crippen LogP contribution in [-0.4, -0.2) is 53.0 Å². The van der Waals surface area contributed by atoms with Crippen molar-refractivity contribution in [2.24, 2.45) is 7.05 Å². The van der Waals surface area contributed by atoms with Gasteiger partial charge in [0.15, 0.2) is 0 Å². The molecule has 0 saturated carbocycles. The van der Waals surface area contributed by atoms with Gasteiger partial charge in [0.1, 0.15) is 11.7 Å². The molecule has 1 aromatic rings. The van der Waals surface area contributed by atoms with Gasteiger partial charge in [-0.05, 0) is 12.1 Å². The highest BCUT2D eigenvalue weighted by atomic mass is 16.5. The van der Waals surface area contributed by atoms with E-state index in [0.717, 1.165) is 0 Å². The number of rotatable bonds is 3. The third-order valence-corrected chi connectivity index (χ3v) is 3.69. The molecule has 7 nitrogen and oxygen atoms in total. The van der Waals surface area contributed by atoms with Gasteiger partial charge in [-0.15, -0.1) is 0 Å². The number of carbonyl (C=O) groups is 3. The molecule has 1 aromatic heterocycles. The summed E-state index contributed by atoms with van der Waals surface area (Å²) in [6, 6.07) is 2.60. The Hall–Kier alpha value is -2.31. The summed E-state index contributed by atoms with van der Waals surface area (Å²) < 4.78 is 6.42. The van der Waals surface area contributed by atoms with E-state index in [-0.39, 0.29) is 17.9 Å². The predicted molar refractivity (Wildman–Crippen MR) is 74.5 cm³/mol. The highest BCUT2D eigenvalue weighted by Gasteiger charge is 2.39. The highest BCUT2D eigenvalue weighted by molar-refractivity contribution is 5.93. The molecule has 2 unspecified atom stereocenters. The van der Waals surface area contributed by atoms with Crippen molar-refractivity contribution < 1.29 is 19.1 Å². The molecule has 2 rings (SSSR count). The van der Waals surface area contributed by atoms with Crippen LogP contribution in [-0.2, 0) is 21.4 Å². The second-order valence-corrected chi connectivity index (χ2v) is 5.12. The van der Waals surface area contributed by atoms with Crippen molar-refractivity contribution in [2.75, 3.05) is 13.7 Å². The van der Waals surface area contributed by atoms with Gasteiger partial charge in [0.25, 0.3) is 5.91 Å². The van der Waals surface area contributed by atoms with E-state index >= 15 is 0 Å². The van der Waals surface area contributed by atoms with E-state index in [0.29, 0.717) is 18.7 Å². The van der Waals surface area contributed by atoms with Crippen LogP contribution in [0.4, 0.5) is 0 Å². The third kappa shape index (κ3) is 3.07. The summed E-state index contributed by atoms with van der Waals surface area (Å²) in [6.45, 7) is 1.71. The second kappa shape index (κ2) is 5.99. The molecule has 1 saturated heterocycles. The minimum absolute atomic E-state index is 0.207. The summed E-state index contributed by atoms with van der Waals surface area (Å²) in [4.78, 5) is 36.9. The standard InChI is InChI=1S/C14H19N3O4/c1-9(18)17-8-10(7-12(17)14(20)21-3)15-13(19)11-5-4-6-16(11)2/h4-6,10,12H,7-8H2,1-3H3,(H,15,19). The normalized spacial score (nSPS) is 21.2. The van der Waals surface area contributed by atoms with Gasteiger partial charge in [0.05, 0.1) is 7.11 Å². The maximum Gasteiger partial charge on any atom is 0.328 e. The number of aromatic nitrogens is 1. The number of hydrogen-bond acceptors (Lipinski definition) is 4. The summed E-state index contributed by atoms with van der Waals surface area (Å²) in [7, 11) is 3.07. The van der Waals surface area contributed by atoms with Crippen molar-refractivity contribution in [3.05, 3.63) is 24.0 Å². The minimum atomic E-state index is -0.633. The van der Waals surface area contributed by atoms with Crippen LogP contribution < -0.4 is 5.32 Å². The lowest BCUT2D eigenvalue weighted by Gasteiger charge is -2.20. The molecule has 0 aliphatic carbocycles. The zero-order valence-corrected chi connectivity index (χ0v) is 12.3. The zero-order valence-electron chi connectivity index (χ0n) is 12.3. The molecule has 21 heavy (non-hydrogen) atoms. The molecule has 2 heterocycles. The second-order valence-electron chi connectivity index (χ2n) is 5.12. The number of esters is 1. The van der Waals surface area contributed by atoms with E-state index in [1.165, 1.54) is 18.9 Å². The molecule has 114 valence electrons. The fraction of sp³-hybridized carbons (Fsp3) is 0.500. The molecule has 1 fully saturated rings. The lowest BCUT2D eigenvalue weighted by atomic mass is 10.1. The van der Waals surface area contributed by atoms with Crippen LogP contribution in [0.3, 0.4) is 0 Å². The Kier molecular flexibility index (Phi) is 4.30. The van der Waals surface area contributed by atoms with Crippen LogP contribution in [0.15, 0.2) is 18.3 Å². The first-order chi connectivity index (χ1) is 9.93. The van der Waals surface area contributed by atoms with Crippen LogP contribution in [0.5, 0.6) is 0 Å². The molecule has 1 aliphatic heterocycles. The SMILES string of the molecule is COC(=O)C1CC(NC(=O)c2cccn2C)CN1C(C)=O. The Morgan fingerprint density at radius 3 is 2.62 bits per heavy atom. The smallest absolute Gasteiger partial charge is 0.328 e. The van der Waals surface area contributed by atoms with E-state index in [2.05, 4.69) is 5.32 Å². The molecule has 2 amide bonds. The summed E-state index contributed by atoms with van der Waals surface area (Å²) in [6.07, 6.45) is 2.14. The molecule has 0 aromatic carbocycles. The van der Waals surface area contributed by atoms with Crippen molar-refractivity contribution in [1.29, 1.82) is 0 Å². The summed E-state index contributed by atoms with van der Waals surface area (Å²) >= 11 is 0. The first kappa shape index (κ1) is 15.1. The zero-order chi connectivity index (χ0) is 15.6. The lowest BCUT2D eigenvalue weighted by molar-refractivity contribution is -0.150. The molecule has 1 aliphatic rings. The fourth-order valence-electron chi connectivity index (χ4n) is 2.60. The summed E-state index contributed by atoms with van der Waals surface area (Å²) in [5.41, 5.74) is 0.533. The van der Waals surface area contributed by atoms with Crippen molar-refractivity contribution in [1.82, 2.24) is 14.8 Å². The number of carbonyl (C=O) groups excluding carboxylic acids is 3. The van der Waals surface area contributed by atoms with Crippen LogP contribution in [0.1, 0.15) is 23.8 Å². The van der Waals surface area contributed by atoms with E-state index < -0.39 is 12.0 Å². The van der Waals surface area contributed by atoms with E-state index in [1.54, 1.807) is 29.9 Å². The topological polar surface area (TPSA) is 80.6 Å². The molecular formula is C14H19N3O4. The predicted octanol–water partition coefficient (Wildman–Crippen LogP) is -0.0827. The number of likely N-dealkylation sites (tertiary alicyclic amines) is 1. The van der Waals surface area contributed by atoms with Gasteiger partial charge in [-0.2, -0.15) is 0 Å². The Morgan fingerprint density at radius 1 is 1.38 bits per heavy atom. The van der Waals surface area contributed by atoms with Gasteiger partial charge in [-0.1, -0.05) is 0 Å². The Balaban J connectivity index is 2.06. The molecule has 7 heteroatoms.